The molecule has 0 radical (unpaired) electrons. The zero-order chi connectivity index (χ0) is 16.0. The fraction of sp³-hybridized carbons (Fsp3) is 0.500. The molecular formula is C14H17ClFNO3S. The third kappa shape index (κ3) is 3.37. The maximum atomic E-state index is 14.2. The van der Waals surface area contributed by atoms with Crippen LogP contribution in [0.3, 0.4) is 0 Å². The van der Waals surface area contributed by atoms with Crippen molar-refractivity contribution in [2.45, 2.75) is 32.1 Å². The van der Waals surface area contributed by atoms with Crippen molar-refractivity contribution in [2.75, 3.05) is 13.1 Å². The lowest BCUT2D eigenvalue weighted by atomic mass is 9.93. The van der Waals surface area contributed by atoms with Gasteiger partial charge >= 0.3 is 0 Å². The molecule has 1 fully saturated rings. The van der Waals surface area contributed by atoms with Crippen LogP contribution in [0.5, 0.6) is 0 Å². The Morgan fingerprint density at radius 2 is 2.00 bits per heavy atom. The number of carbonyl (C=O) groups excluding carboxylic acids is 1. The first-order chi connectivity index (χ1) is 9.51. The van der Waals surface area contributed by atoms with E-state index in [9.17, 15) is 17.6 Å². The SMILES string of the molecule is Cc1cc(S(=O)(=O)Cl)cc(C(=O)N2CCC(C)(C)C2)c1F. The lowest BCUT2D eigenvalue weighted by molar-refractivity contribution is 0.0773. The molecule has 116 valence electrons. The standard InChI is InChI=1S/C14H17ClFNO3S/c1-9-6-10(21(15,19)20)7-11(12(9)16)13(18)17-5-4-14(2,3)8-17/h6-7H,4-5,8H2,1-3H3. The van der Waals surface area contributed by atoms with E-state index >= 15 is 0 Å². The average molecular weight is 334 g/mol. The number of benzene rings is 1. The molecular weight excluding hydrogens is 317 g/mol. The number of nitrogens with zero attached hydrogens (tertiary/aromatic N) is 1. The largest absolute Gasteiger partial charge is 0.338 e. The van der Waals surface area contributed by atoms with Crippen molar-refractivity contribution in [3.05, 3.63) is 29.1 Å². The summed E-state index contributed by atoms with van der Waals surface area (Å²) in [4.78, 5) is 13.7. The summed E-state index contributed by atoms with van der Waals surface area (Å²) in [7, 11) is 1.28. The minimum absolute atomic E-state index is 0.0165. The van der Waals surface area contributed by atoms with E-state index in [0.29, 0.717) is 13.1 Å². The highest BCUT2D eigenvalue weighted by Gasteiger charge is 2.34. The fourth-order valence-electron chi connectivity index (χ4n) is 2.49. The highest BCUT2D eigenvalue weighted by Crippen LogP contribution is 2.31. The monoisotopic (exact) mass is 333 g/mol. The second kappa shape index (κ2) is 5.25. The molecule has 4 nitrogen and oxygen atoms in total. The quantitative estimate of drug-likeness (QED) is 0.782. The van der Waals surface area contributed by atoms with E-state index in [0.717, 1.165) is 18.6 Å². The van der Waals surface area contributed by atoms with Gasteiger partial charge in [-0.1, -0.05) is 13.8 Å². The molecule has 1 aliphatic heterocycles. The molecule has 0 saturated carbocycles. The second-order valence-corrected chi connectivity index (χ2v) is 8.75. The summed E-state index contributed by atoms with van der Waals surface area (Å²) in [6.45, 7) is 6.51. The smallest absolute Gasteiger partial charge is 0.261 e. The molecule has 0 bridgehead atoms. The highest BCUT2D eigenvalue weighted by molar-refractivity contribution is 8.13. The molecule has 1 saturated heterocycles. The van der Waals surface area contributed by atoms with Crippen LogP contribution < -0.4 is 0 Å². The zero-order valence-corrected chi connectivity index (χ0v) is 13.7. The van der Waals surface area contributed by atoms with Crippen molar-refractivity contribution >= 4 is 25.6 Å². The van der Waals surface area contributed by atoms with E-state index in [1.165, 1.54) is 6.92 Å². The summed E-state index contributed by atoms with van der Waals surface area (Å²) in [5.41, 5.74) is -0.178. The molecule has 0 unspecified atom stereocenters. The van der Waals surface area contributed by atoms with Gasteiger partial charge in [-0.25, -0.2) is 12.8 Å². The van der Waals surface area contributed by atoms with Gasteiger partial charge in [0, 0.05) is 23.8 Å². The molecule has 0 aliphatic carbocycles. The molecule has 21 heavy (non-hydrogen) atoms. The summed E-state index contributed by atoms with van der Waals surface area (Å²) in [5.74, 6) is -1.20. The Labute approximate surface area is 128 Å². The zero-order valence-electron chi connectivity index (χ0n) is 12.1. The number of carbonyl (C=O) groups is 1. The van der Waals surface area contributed by atoms with Crippen LogP contribution in [0.1, 0.15) is 36.2 Å². The lowest BCUT2D eigenvalue weighted by Gasteiger charge is -2.20. The van der Waals surface area contributed by atoms with Crippen molar-refractivity contribution in [3.63, 3.8) is 0 Å². The fourth-order valence-corrected chi connectivity index (χ4v) is 3.33. The Morgan fingerprint density at radius 3 is 2.48 bits per heavy atom. The van der Waals surface area contributed by atoms with Crippen molar-refractivity contribution in [3.8, 4) is 0 Å². The minimum Gasteiger partial charge on any atom is -0.338 e. The Kier molecular flexibility index (Phi) is 4.06. The van der Waals surface area contributed by atoms with E-state index in [4.69, 9.17) is 10.7 Å². The van der Waals surface area contributed by atoms with Gasteiger partial charge in [0.2, 0.25) is 0 Å². The normalized spacial score (nSPS) is 18.0. The predicted molar refractivity (Wildman–Crippen MR) is 78.5 cm³/mol. The van der Waals surface area contributed by atoms with Crippen LogP contribution in [0.4, 0.5) is 4.39 Å². The van der Waals surface area contributed by atoms with E-state index in [2.05, 4.69) is 0 Å². The number of halogens is 2. The van der Waals surface area contributed by atoms with E-state index in [-0.39, 0.29) is 21.4 Å². The first-order valence-corrected chi connectivity index (χ1v) is 8.86. The summed E-state index contributed by atoms with van der Waals surface area (Å²) in [5, 5.41) is 0. The highest BCUT2D eigenvalue weighted by atomic mass is 35.7. The number of hydrogen-bond donors (Lipinski definition) is 0. The van der Waals surface area contributed by atoms with Crippen molar-refractivity contribution < 1.29 is 17.6 Å². The molecule has 1 aliphatic rings. The topological polar surface area (TPSA) is 54.5 Å². The molecule has 1 aromatic rings. The van der Waals surface area contributed by atoms with Crippen molar-refractivity contribution in [1.29, 1.82) is 0 Å². The molecule has 0 atom stereocenters. The van der Waals surface area contributed by atoms with E-state index < -0.39 is 20.8 Å². The maximum absolute atomic E-state index is 14.2. The maximum Gasteiger partial charge on any atom is 0.261 e. The van der Waals surface area contributed by atoms with Gasteiger partial charge in [0.05, 0.1) is 10.5 Å². The Hall–Kier alpha value is -1.14. The minimum atomic E-state index is -4.01. The van der Waals surface area contributed by atoms with Crippen LogP contribution in [0, 0.1) is 18.2 Å². The van der Waals surface area contributed by atoms with E-state index in [1.807, 2.05) is 13.8 Å². The van der Waals surface area contributed by atoms with Crippen LogP contribution in [-0.2, 0) is 9.05 Å². The van der Waals surface area contributed by atoms with Gasteiger partial charge in [0.15, 0.2) is 0 Å². The van der Waals surface area contributed by atoms with Gasteiger partial charge < -0.3 is 4.90 Å². The predicted octanol–water partition coefficient (Wildman–Crippen LogP) is 2.93. The Balaban J connectivity index is 2.44. The number of rotatable bonds is 2. The second-order valence-electron chi connectivity index (χ2n) is 6.18. The molecule has 0 N–H and O–H groups in total. The molecule has 2 rings (SSSR count). The van der Waals surface area contributed by atoms with Gasteiger partial charge in [-0.3, -0.25) is 4.79 Å². The van der Waals surface area contributed by atoms with Gasteiger partial charge in [0.25, 0.3) is 15.0 Å². The summed E-state index contributed by atoms with van der Waals surface area (Å²) < 4.78 is 37.0. The van der Waals surface area contributed by atoms with Crippen LogP contribution in [0.15, 0.2) is 17.0 Å². The third-order valence-corrected chi connectivity index (χ3v) is 5.04. The summed E-state index contributed by atoms with van der Waals surface area (Å²) in [6.07, 6.45) is 0.826. The van der Waals surface area contributed by atoms with Crippen LogP contribution in [0.2, 0.25) is 0 Å². The summed E-state index contributed by atoms with van der Waals surface area (Å²) >= 11 is 0. The molecule has 1 amide bonds. The molecule has 7 heteroatoms. The summed E-state index contributed by atoms with van der Waals surface area (Å²) in [6, 6.07) is 2.14. The lowest BCUT2D eigenvalue weighted by Crippen LogP contribution is -2.31. The van der Waals surface area contributed by atoms with Crippen molar-refractivity contribution in [2.24, 2.45) is 5.41 Å². The molecule has 0 aromatic heterocycles. The van der Waals surface area contributed by atoms with Gasteiger partial charge in [-0.2, -0.15) is 0 Å². The van der Waals surface area contributed by atoms with Crippen LogP contribution >= 0.6 is 10.7 Å². The van der Waals surface area contributed by atoms with Gasteiger partial charge in [0.1, 0.15) is 5.82 Å². The van der Waals surface area contributed by atoms with Gasteiger partial charge in [-0.15, -0.1) is 0 Å². The average Bonchev–Trinajstić information content (AvgIpc) is 2.71. The molecule has 1 heterocycles. The Morgan fingerprint density at radius 1 is 1.38 bits per heavy atom. The number of aryl methyl sites for hydroxylation is 1. The first-order valence-electron chi connectivity index (χ1n) is 6.55. The number of likely N-dealkylation sites (tertiary alicyclic amines) is 1. The third-order valence-electron chi connectivity index (χ3n) is 3.70. The first kappa shape index (κ1) is 16.2. The molecule has 0 spiro atoms. The molecule has 1 aromatic carbocycles. The van der Waals surface area contributed by atoms with Crippen molar-refractivity contribution in [1.82, 2.24) is 4.90 Å². The number of amides is 1. The van der Waals surface area contributed by atoms with E-state index in [1.54, 1.807) is 4.90 Å². The number of hydrogen-bond acceptors (Lipinski definition) is 3. The van der Waals surface area contributed by atoms with Crippen LogP contribution in [0.25, 0.3) is 0 Å². The Bertz CT molecular complexity index is 700. The van der Waals surface area contributed by atoms with Gasteiger partial charge in [-0.05, 0) is 36.5 Å². The van der Waals surface area contributed by atoms with Crippen LogP contribution in [-0.4, -0.2) is 32.3 Å².